The molecule has 2 aromatic heterocycles. The maximum absolute atomic E-state index is 12.9. The molecule has 2 atom stereocenters. The van der Waals surface area contributed by atoms with Crippen LogP contribution in [0.25, 0.3) is 5.78 Å². The van der Waals surface area contributed by atoms with Crippen molar-refractivity contribution in [2.45, 2.75) is 25.7 Å². The Morgan fingerprint density at radius 1 is 1.45 bits per heavy atom. The van der Waals surface area contributed by atoms with Gasteiger partial charge in [0.2, 0.25) is 0 Å². The molecule has 1 aliphatic rings. The van der Waals surface area contributed by atoms with E-state index in [4.69, 9.17) is 0 Å². The van der Waals surface area contributed by atoms with Gasteiger partial charge in [0, 0.05) is 12.5 Å². The van der Waals surface area contributed by atoms with Crippen LogP contribution in [0.15, 0.2) is 12.4 Å². The molecule has 5 nitrogen and oxygen atoms in total. The van der Waals surface area contributed by atoms with E-state index in [1.807, 2.05) is 0 Å². The molecule has 1 fully saturated rings. The van der Waals surface area contributed by atoms with E-state index in [9.17, 15) is 8.78 Å². The number of halogens is 3. The molecule has 1 saturated heterocycles. The Labute approximate surface area is 121 Å². The van der Waals surface area contributed by atoms with Crippen molar-refractivity contribution in [1.82, 2.24) is 24.9 Å². The quantitative estimate of drug-likeness (QED) is 0.924. The minimum atomic E-state index is -2.59. The Kier molecular flexibility index (Phi) is 4.49. The van der Waals surface area contributed by atoms with Crippen LogP contribution in [-0.4, -0.2) is 32.7 Å². The Bertz CT molecular complexity index is 588. The molecule has 0 bridgehead atoms. The Hall–Kier alpha value is -1.34. The van der Waals surface area contributed by atoms with Gasteiger partial charge in [-0.1, -0.05) is 6.92 Å². The Morgan fingerprint density at radius 2 is 2.25 bits per heavy atom. The summed E-state index contributed by atoms with van der Waals surface area (Å²) in [7, 11) is 0. The lowest BCUT2D eigenvalue weighted by Crippen LogP contribution is -2.35. The van der Waals surface area contributed by atoms with Crippen molar-refractivity contribution in [3.63, 3.8) is 0 Å². The highest BCUT2D eigenvalue weighted by molar-refractivity contribution is 5.85. The SMILES string of the molecule is C[C@@H]1CCNC[C@H]1c1cc(C(F)F)nc2ncnn12.Cl. The number of nitrogens with one attached hydrogen (secondary N) is 1. The van der Waals surface area contributed by atoms with Gasteiger partial charge in [0.05, 0.1) is 5.69 Å². The van der Waals surface area contributed by atoms with Crippen LogP contribution < -0.4 is 5.32 Å². The first-order valence-corrected chi connectivity index (χ1v) is 6.36. The minimum absolute atomic E-state index is 0. The first-order chi connectivity index (χ1) is 9.16. The summed E-state index contributed by atoms with van der Waals surface area (Å²) in [5.41, 5.74) is 0.533. The van der Waals surface area contributed by atoms with Gasteiger partial charge < -0.3 is 5.32 Å². The first kappa shape index (κ1) is 15.1. The van der Waals surface area contributed by atoms with Gasteiger partial charge in [0.1, 0.15) is 12.0 Å². The van der Waals surface area contributed by atoms with Gasteiger partial charge >= 0.3 is 0 Å². The highest BCUT2D eigenvalue weighted by Crippen LogP contribution is 2.30. The summed E-state index contributed by atoms with van der Waals surface area (Å²) in [5, 5.41) is 7.40. The van der Waals surface area contributed by atoms with Gasteiger partial charge in [0.25, 0.3) is 12.2 Å². The van der Waals surface area contributed by atoms with E-state index >= 15 is 0 Å². The molecule has 1 aliphatic heterocycles. The maximum Gasteiger partial charge on any atom is 0.280 e. The average molecular weight is 304 g/mol. The van der Waals surface area contributed by atoms with E-state index in [-0.39, 0.29) is 29.8 Å². The van der Waals surface area contributed by atoms with Gasteiger partial charge in [0.15, 0.2) is 0 Å². The normalized spacial score (nSPS) is 23.0. The van der Waals surface area contributed by atoms with Crippen molar-refractivity contribution in [1.29, 1.82) is 0 Å². The molecule has 8 heteroatoms. The number of nitrogens with zero attached hydrogens (tertiary/aromatic N) is 4. The fraction of sp³-hybridized carbons (Fsp3) is 0.583. The molecule has 20 heavy (non-hydrogen) atoms. The van der Waals surface area contributed by atoms with Gasteiger partial charge in [-0.25, -0.2) is 18.3 Å². The van der Waals surface area contributed by atoms with Crippen LogP contribution in [0.4, 0.5) is 8.78 Å². The number of hydrogen-bond acceptors (Lipinski definition) is 4. The van der Waals surface area contributed by atoms with E-state index in [2.05, 4.69) is 27.3 Å². The molecular weight excluding hydrogens is 288 g/mol. The Balaban J connectivity index is 0.00000147. The number of alkyl halides is 2. The molecule has 1 N–H and O–H groups in total. The van der Waals surface area contributed by atoms with Gasteiger partial charge in [-0.2, -0.15) is 10.1 Å². The van der Waals surface area contributed by atoms with Gasteiger partial charge in [-0.15, -0.1) is 12.4 Å². The predicted octanol–water partition coefficient (Wildman–Crippen LogP) is 2.20. The van der Waals surface area contributed by atoms with Crippen LogP contribution in [0.5, 0.6) is 0 Å². The van der Waals surface area contributed by atoms with Crippen molar-refractivity contribution in [2.75, 3.05) is 13.1 Å². The number of fused-ring (bicyclic) bond motifs is 1. The Morgan fingerprint density at radius 3 is 2.95 bits per heavy atom. The van der Waals surface area contributed by atoms with Crippen molar-refractivity contribution in [3.8, 4) is 0 Å². The van der Waals surface area contributed by atoms with Crippen LogP contribution in [0.1, 0.15) is 37.1 Å². The summed E-state index contributed by atoms with van der Waals surface area (Å²) in [4.78, 5) is 7.76. The number of aromatic nitrogens is 4. The lowest BCUT2D eigenvalue weighted by atomic mass is 9.85. The molecule has 110 valence electrons. The van der Waals surface area contributed by atoms with Gasteiger partial charge in [-0.05, 0) is 24.9 Å². The van der Waals surface area contributed by atoms with Crippen molar-refractivity contribution < 1.29 is 8.78 Å². The zero-order valence-electron chi connectivity index (χ0n) is 11.0. The molecule has 0 radical (unpaired) electrons. The third-order valence-corrected chi connectivity index (χ3v) is 3.73. The summed E-state index contributed by atoms with van der Waals surface area (Å²) in [6.07, 6.45) is -0.220. The van der Waals surface area contributed by atoms with E-state index in [0.717, 1.165) is 25.2 Å². The number of piperidine rings is 1. The first-order valence-electron chi connectivity index (χ1n) is 6.36. The second kappa shape index (κ2) is 5.97. The molecular formula is C12H16ClF2N5. The second-order valence-corrected chi connectivity index (χ2v) is 4.95. The molecule has 3 heterocycles. The standard InChI is InChI=1S/C12H15F2N5.ClH/c1-7-2-3-15-5-8(7)10-4-9(11(13)14)18-12-16-6-17-19(10)12;/h4,6-8,11,15H,2-3,5H2,1H3;1H/t7-,8-;/m1./s1. The largest absolute Gasteiger partial charge is 0.316 e. The van der Waals surface area contributed by atoms with E-state index < -0.39 is 6.43 Å². The molecule has 0 aromatic carbocycles. The molecule has 0 spiro atoms. The highest BCUT2D eigenvalue weighted by atomic mass is 35.5. The van der Waals surface area contributed by atoms with Gasteiger partial charge in [-0.3, -0.25) is 0 Å². The zero-order valence-corrected chi connectivity index (χ0v) is 11.8. The average Bonchev–Trinajstić information content (AvgIpc) is 2.86. The monoisotopic (exact) mass is 303 g/mol. The summed E-state index contributed by atoms with van der Waals surface area (Å²) in [5.74, 6) is 0.811. The summed E-state index contributed by atoms with van der Waals surface area (Å²) in [6.45, 7) is 3.87. The third kappa shape index (κ3) is 2.60. The van der Waals surface area contributed by atoms with Crippen LogP contribution in [-0.2, 0) is 0 Å². The summed E-state index contributed by atoms with van der Waals surface area (Å²) >= 11 is 0. The van der Waals surface area contributed by atoms with Crippen molar-refractivity contribution in [2.24, 2.45) is 5.92 Å². The fourth-order valence-electron chi connectivity index (χ4n) is 2.62. The third-order valence-electron chi connectivity index (χ3n) is 3.73. The lowest BCUT2D eigenvalue weighted by Gasteiger charge is -2.29. The molecule has 3 rings (SSSR count). The van der Waals surface area contributed by atoms with Crippen LogP contribution in [0.2, 0.25) is 0 Å². The van der Waals surface area contributed by atoms with Crippen molar-refractivity contribution >= 4 is 18.2 Å². The summed E-state index contributed by atoms with van der Waals surface area (Å²) in [6, 6.07) is 1.46. The highest BCUT2D eigenvalue weighted by Gasteiger charge is 2.27. The smallest absolute Gasteiger partial charge is 0.280 e. The number of rotatable bonds is 2. The van der Waals surface area contributed by atoms with Crippen LogP contribution in [0.3, 0.4) is 0 Å². The molecule has 0 unspecified atom stereocenters. The summed E-state index contributed by atoms with van der Waals surface area (Å²) < 4.78 is 27.4. The molecule has 2 aromatic rings. The zero-order chi connectivity index (χ0) is 13.4. The van der Waals surface area contributed by atoms with Crippen LogP contribution >= 0.6 is 12.4 Å². The van der Waals surface area contributed by atoms with E-state index in [1.54, 1.807) is 4.52 Å². The second-order valence-electron chi connectivity index (χ2n) is 4.95. The predicted molar refractivity (Wildman–Crippen MR) is 72.4 cm³/mol. The van der Waals surface area contributed by atoms with E-state index in [1.165, 1.54) is 12.4 Å². The fourth-order valence-corrected chi connectivity index (χ4v) is 2.62. The van der Waals surface area contributed by atoms with Crippen molar-refractivity contribution in [3.05, 3.63) is 23.8 Å². The maximum atomic E-state index is 12.9. The van der Waals surface area contributed by atoms with Crippen LogP contribution in [0, 0.1) is 5.92 Å². The van der Waals surface area contributed by atoms with E-state index in [0.29, 0.717) is 5.92 Å². The molecule has 0 aliphatic carbocycles. The topological polar surface area (TPSA) is 55.1 Å². The lowest BCUT2D eigenvalue weighted by molar-refractivity contribution is 0.145. The minimum Gasteiger partial charge on any atom is -0.316 e. The molecule has 0 saturated carbocycles. The number of hydrogen-bond donors (Lipinski definition) is 1. The molecule has 0 amide bonds.